The Hall–Kier alpha value is -1.05. The van der Waals surface area contributed by atoms with Gasteiger partial charge < -0.3 is 4.74 Å². The molecule has 2 heteroatoms. The summed E-state index contributed by atoms with van der Waals surface area (Å²) in [6.07, 6.45) is 19.0. The molecule has 2 nitrogen and oxygen atoms in total. The maximum Gasteiger partial charge on any atom is 0.302 e. The molecular formula is C29H46O2. The van der Waals surface area contributed by atoms with Gasteiger partial charge in [0.1, 0.15) is 6.10 Å². The first-order chi connectivity index (χ1) is 14.6. The van der Waals surface area contributed by atoms with Gasteiger partial charge in [-0.25, -0.2) is 0 Å². The maximum atomic E-state index is 11.5. The predicted octanol–water partition coefficient (Wildman–Crippen LogP) is 7.74. The fraction of sp³-hybridized carbons (Fsp3) is 0.828. The second-order valence-corrected chi connectivity index (χ2v) is 12.4. The fourth-order valence-corrected chi connectivity index (χ4v) is 8.57. The molecule has 0 aromatic heterocycles. The SMILES string of the molecule is CC(=O)O[C@H]1CC[C@]2(C)C(=CC[C@@H]3[C@H]4CC[C@@H]([C@@H](C)C=CCC(C)C)[C@@]4(C)CC[C@H]32)C1. The van der Waals surface area contributed by atoms with Crippen molar-refractivity contribution in [2.75, 3.05) is 0 Å². The zero-order valence-corrected chi connectivity index (χ0v) is 21.0. The Morgan fingerprint density at radius 2 is 1.90 bits per heavy atom. The molecule has 0 spiro atoms. The summed E-state index contributed by atoms with van der Waals surface area (Å²) in [5.74, 6) is 4.76. The minimum absolute atomic E-state index is 0.108. The molecule has 174 valence electrons. The summed E-state index contributed by atoms with van der Waals surface area (Å²) in [6.45, 7) is 13.9. The standard InChI is InChI=1S/C29H46O2/c1-19(2)8-7-9-20(3)25-12-13-26-24-11-10-22-18-23(31-21(4)30)14-16-28(22,5)27(24)15-17-29(25,26)6/h7,9-10,19-20,23-27H,8,11-18H2,1-6H3/t20-,23-,24+,25-,26+,27+,28+,29+/m0/s1. The first-order valence-electron chi connectivity index (χ1n) is 13.2. The molecule has 3 saturated carbocycles. The average molecular weight is 427 g/mol. The maximum absolute atomic E-state index is 11.5. The Morgan fingerprint density at radius 1 is 1.13 bits per heavy atom. The number of ether oxygens (including phenoxy) is 1. The van der Waals surface area contributed by atoms with Crippen LogP contribution in [0, 0.1) is 46.3 Å². The molecule has 0 heterocycles. The number of rotatable bonds is 5. The second kappa shape index (κ2) is 8.71. The lowest BCUT2D eigenvalue weighted by atomic mass is 9.47. The van der Waals surface area contributed by atoms with Crippen molar-refractivity contribution in [3.05, 3.63) is 23.8 Å². The van der Waals surface area contributed by atoms with E-state index in [-0.39, 0.29) is 12.1 Å². The van der Waals surface area contributed by atoms with Gasteiger partial charge in [0.05, 0.1) is 0 Å². The van der Waals surface area contributed by atoms with E-state index >= 15 is 0 Å². The van der Waals surface area contributed by atoms with Gasteiger partial charge in [-0.1, -0.05) is 58.4 Å². The van der Waals surface area contributed by atoms with Gasteiger partial charge in [-0.2, -0.15) is 0 Å². The van der Waals surface area contributed by atoms with Crippen molar-refractivity contribution in [1.82, 2.24) is 0 Å². The Morgan fingerprint density at radius 3 is 2.61 bits per heavy atom. The van der Waals surface area contributed by atoms with Crippen molar-refractivity contribution < 1.29 is 9.53 Å². The third-order valence-electron chi connectivity index (χ3n) is 10.1. The van der Waals surface area contributed by atoms with E-state index in [2.05, 4.69) is 52.8 Å². The molecule has 0 saturated heterocycles. The van der Waals surface area contributed by atoms with E-state index in [0.29, 0.717) is 16.7 Å². The zero-order valence-electron chi connectivity index (χ0n) is 21.0. The van der Waals surface area contributed by atoms with Crippen LogP contribution in [0.25, 0.3) is 0 Å². The summed E-state index contributed by atoms with van der Waals surface area (Å²) >= 11 is 0. The van der Waals surface area contributed by atoms with Crippen LogP contribution in [-0.4, -0.2) is 12.1 Å². The van der Waals surface area contributed by atoms with E-state index in [9.17, 15) is 4.79 Å². The number of esters is 1. The monoisotopic (exact) mass is 426 g/mol. The van der Waals surface area contributed by atoms with Gasteiger partial charge in [0.25, 0.3) is 0 Å². The molecule has 4 rings (SSSR count). The van der Waals surface area contributed by atoms with Crippen LogP contribution in [0.3, 0.4) is 0 Å². The van der Waals surface area contributed by atoms with E-state index in [1.807, 2.05) is 0 Å². The van der Waals surface area contributed by atoms with E-state index in [4.69, 9.17) is 4.74 Å². The molecule has 4 aliphatic rings. The molecule has 3 fully saturated rings. The molecule has 0 amide bonds. The molecule has 31 heavy (non-hydrogen) atoms. The quantitative estimate of drug-likeness (QED) is 0.332. The van der Waals surface area contributed by atoms with Gasteiger partial charge in [-0.15, -0.1) is 0 Å². The Kier molecular flexibility index (Phi) is 6.50. The Bertz CT molecular complexity index is 733. The van der Waals surface area contributed by atoms with Gasteiger partial charge in [0, 0.05) is 13.3 Å². The molecule has 8 atom stereocenters. The van der Waals surface area contributed by atoms with Crippen LogP contribution < -0.4 is 0 Å². The van der Waals surface area contributed by atoms with Gasteiger partial charge in [-0.3, -0.25) is 4.79 Å². The van der Waals surface area contributed by atoms with E-state index in [1.54, 1.807) is 12.5 Å². The van der Waals surface area contributed by atoms with E-state index in [0.717, 1.165) is 42.4 Å². The van der Waals surface area contributed by atoms with Crippen LogP contribution in [0.2, 0.25) is 0 Å². The highest BCUT2D eigenvalue weighted by molar-refractivity contribution is 5.66. The highest BCUT2D eigenvalue weighted by atomic mass is 16.5. The fourth-order valence-electron chi connectivity index (χ4n) is 8.57. The van der Waals surface area contributed by atoms with Crippen molar-refractivity contribution in [2.45, 2.75) is 105 Å². The lowest BCUT2D eigenvalue weighted by Gasteiger charge is -2.58. The summed E-state index contributed by atoms with van der Waals surface area (Å²) in [5.41, 5.74) is 2.45. The molecule has 0 aromatic carbocycles. The van der Waals surface area contributed by atoms with Gasteiger partial charge >= 0.3 is 5.97 Å². The third-order valence-corrected chi connectivity index (χ3v) is 10.1. The van der Waals surface area contributed by atoms with Crippen molar-refractivity contribution in [1.29, 1.82) is 0 Å². The minimum Gasteiger partial charge on any atom is -0.462 e. The summed E-state index contributed by atoms with van der Waals surface area (Å²) in [7, 11) is 0. The lowest BCUT2D eigenvalue weighted by Crippen LogP contribution is -2.51. The molecule has 4 aliphatic carbocycles. The lowest BCUT2D eigenvalue weighted by molar-refractivity contribution is -0.148. The topological polar surface area (TPSA) is 26.3 Å². The molecule has 0 bridgehead atoms. The molecular weight excluding hydrogens is 380 g/mol. The first kappa shape index (κ1) is 23.1. The molecule has 0 radical (unpaired) electrons. The summed E-state index contributed by atoms with van der Waals surface area (Å²) < 4.78 is 5.61. The second-order valence-electron chi connectivity index (χ2n) is 12.4. The van der Waals surface area contributed by atoms with Gasteiger partial charge in [0.2, 0.25) is 0 Å². The number of fused-ring (bicyclic) bond motifs is 5. The Balaban J connectivity index is 1.50. The average Bonchev–Trinajstić information content (AvgIpc) is 3.05. The molecule has 0 unspecified atom stereocenters. The van der Waals surface area contributed by atoms with Crippen molar-refractivity contribution in [3.63, 3.8) is 0 Å². The van der Waals surface area contributed by atoms with E-state index < -0.39 is 0 Å². The molecule has 0 aromatic rings. The highest BCUT2D eigenvalue weighted by Crippen LogP contribution is 2.67. The van der Waals surface area contributed by atoms with Crippen molar-refractivity contribution >= 4 is 5.97 Å². The normalized spacial score (nSPS) is 43.2. The van der Waals surface area contributed by atoms with E-state index in [1.165, 1.54) is 44.9 Å². The largest absolute Gasteiger partial charge is 0.462 e. The number of hydrogen-bond acceptors (Lipinski definition) is 2. The number of hydrogen-bond donors (Lipinski definition) is 0. The van der Waals surface area contributed by atoms with Crippen LogP contribution in [-0.2, 0) is 9.53 Å². The van der Waals surface area contributed by atoms with Gasteiger partial charge in [-0.05, 0) is 97.7 Å². The van der Waals surface area contributed by atoms with Crippen LogP contribution >= 0.6 is 0 Å². The third kappa shape index (κ3) is 4.18. The summed E-state index contributed by atoms with van der Waals surface area (Å²) in [5, 5.41) is 0. The Labute approximate surface area is 191 Å². The summed E-state index contributed by atoms with van der Waals surface area (Å²) in [4.78, 5) is 11.5. The number of allylic oxidation sites excluding steroid dienone is 3. The molecule has 0 N–H and O–H groups in total. The van der Waals surface area contributed by atoms with Crippen LogP contribution in [0.4, 0.5) is 0 Å². The van der Waals surface area contributed by atoms with Crippen LogP contribution in [0.15, 0.2) is 23.8 Å². The summed E-state index contributed by atoms with van der Waals surface area (Å²) in [6, 6.07) is 0. The van der Waals surface area contributed by atoms with Crippen LogP contribution in [0.5, 0.6) is 0 Å². The first-order valence-corrected chi connectivity index (χ1v) is 13.2. The van der Waals surface area contributed by atoms with Crippen molar-refractivity contribution in [3.8, 4) is 0 Å². The smallest absolute Gasteiger partial charge is 0.302 e. The zero-order chi connectivity index (χ0) is 22.4. The van der Waals surface area contributed by atoms with Crippen LogP contribution in [0.1, 0.15) is 99.3 Å². The minimum atomic E-state index is -0.120. The number of carbonyl (C=O) groups is 1. The van der Waals surface area contributed by atoms with Gasteiger partial charge in [0.15, 0.2) is 0 Å². The predicted molar refractivity (Wildman–Crippen MR) is 129 cm³/mol. The number of carbonyl (C=O) groups excluding carboxylic acids is 1. The highest BCUT2D eigenvalue weighted by Gasteiger charge is 2.59. The molecule has 0 aliphatic heterocycles. The van der Waals surface area contributed by atoms with Crippen molar-refractivity contribution in [2.24, 2.45) is 46.3 Å².